The number of methoxy groups -OCH3 is 2. The van der Waals surface area contributed by atoms with Crippen molar-refractivity contribution in [2.45, 2.75) is 40.9 Å². The minimum atomic E-state index is -0.356. The van der Waals surface area contributed by atoms with Gasteiger partial charge in [0.1, 0.15) is 54.4 Å². The number of fused-ring (bicyclic) bond motifs is 6. The fourth-order valence-corrected chi connectivity index (χ4v) is 9.90. The quantitative estimate of drug-likeness (QED) is 0.0680. The average Bonchev–Trinajstić information content (AvgIpc) is 4.26. The number of aromatic nitrogens is 4. The number of cyclic esters (lactones) is 2. The first-order chi connectivity index (χ1) is 35.3. The van der Waals surface area contributed by atoms with Crippen LogP contribution in [-0.2, 0) is 22.7 Å². The minimum absolute atomic E-state index is 0. The van der Waals surface area contributed by atoms with Gasteiger partial charge >= 0.3 is 41.7 Å². The van der Waals surface area contributed by atoms with E-state index in [4.69, 9.17) is 38.6 Å². The summed E-state index contributed by atoms with van der Waals surface area (Å²) in [5, 5.41) is 20.3. The molecule has 0 radical (unpaired) electrons. The molecule has 10 rings (SSSR count). The van der Waals surface area contributed by atoms with Crippen molar-refractivity contribution in [2.75, 3.05) is 73.7 Å². The van der Waals surface area contributed by atoms with Crippen LogP contribution in [0.25, 0.3) is 46.0 Å². The third-order valence-electron chi connectivity index (χ3n) is 12.1. The van der Waals surface area contributed by atoms with Gasteiger partial charge in [0, 0.05) is 89.5 Å². The molecule has 0 atom stereocenters. The number of ether oxygens (including phenoxy) is 6. The van der Waals surface area contributed by atoms with Crippen LogP contribution in [-0.4, -0.2) is 132 Å². The van der Waals surface area contributed by atoms with Gasteiger partial charge in [-0.25, -0.2) is 19.0 Å². The van der Waals surface area contributed by atoms with Gasteiger partial charge in [-0.05, 0) is 62.7 Å². The second-order valence-electron chi connectivity index (χ2n) is 17.5. The van der Waals surface area contributed by atoms with Crippen molar-refractivity contribution in [3.63, 3.8) is 0 Å². The molecule has 0 saturated carbocycles. The predicted octanol–water partition coefficient (Wildman–Crippen LogP) is 6.89. The fourth-order valence-electron chi connectivity index (χ4n) is 8.68. The van der Waals surface area contributed by atoms with Gasteiger partial charge in [-0.1, -0.05) is 23.3 Å². The van der Waals surface area contributed by atoms with Gasteiger partial charge in [0.2, 0.25) is 22.6 Å². The fraction of sp³-hybridized carbons (Fsp3) is 0.327. The number of carbonyl (C=O) groups excluding carboxylic acids is 4. The number of carbonyl (C=O) groups is 4. The standard InChI is InChI=1S/C26H28N4O5S.C25H26N4O5S.CH2I.Na.H/c1-16(2)11-17-12-19-22(13-21(17)33-4)35-14-20-23(27-30(24(19)20)18-5-10-36-15-18)25(31)28(3)6-7-29-8-9-34-26(29)32;1-15(2)10-16-11-18-21(12-20(16)32-3)34-13-19-22(27-29(23(18)19)17-4-9-35-14-17)24(30)26-5-6-28-7-8-33-25(28)31;1-2;;/h5,10-13,15H,6-9,14H2,1-4H3;4,9-12,14H,5-8,13H2,1-3H3,(H,26,30);1H2;;/q;;2*+1;-1. The topological polar surface area (TPSA) is 181 Å². The first kappa shape index (κ1) is 55.8. The van der Waals surface area contributed by atoms with Crippen molar-refractivity contribution in [3.05, 3.63) is 108 Å². The molecular weight excluding hydrogens is 1110 g/mol. The third kappa shape index (κ3) is 11.9. The summed E-state index contributed by atoms with van der Waals surface area (Å²) in [5.41, 5.74) is 11.3. The molecule has 74 heavy (non-hydrogen) atoms. The number of likely N-dealkylation sites (N-methyl/N-ethyl adjacent to an activating group) is 1. The molecule has 4 aromatic heterocycles. The Morgan fingerprint density at radius 2 is 1.23 bits per heavy atom. The Labute approximate surface area is 475 Å². The predicted molar refractivity (Wildman–Crippen MR) is 290 cm³/mol. The maximum absolute atomic E-state index is 13.5. The van der Waals surface area contributed by atoms with E-state index in [0.717, 1.165) is 73.0 Å². The normalized spacial score (nSPS) is 13.5. The molecular formula is C52H57IN8NaO10S2+. The Bertz CT molecular complexity index is 3080. The van der Waals surface area contributed by atoms with Crippen molar-refractivity contribution in [1.82, 2.24) is 39.6 Å². The molecule has 0 aliphatic carbocycles. The van der Waals surface area contributed by atoms with E-state index in [9.17, 15) is 19.2 Å². The van der Waals surface area contributed by atoms with Crippen molar-refractivity contribution in [2.24, 2.45) is 0 Å². The zero-order valence-corrected chi connectivity index (χ0v) is 48.4. The molecule has 0 unspecified atom stereocenters. The summed E-state index contributed by atoms with van der Waals surface area (Å²) in [6, 6.07) is 11.8. The van der Waals surface area contributed by atoms with Crippen LogP contribution in [0, 0.1) is 4.93 Å². The number of rotatable bonds is 14. The van der Waals surface area contributed by atoms with Crippen LogP contribution >= 0.6 is 45.3 Å². The van der Waals surface area contributed by atoms with Crippen LogP contribution < -0.4 is 53.8 Å². The van der Waals surface area contributed by atoms with E-state index in [1.165, 1.54) is 0 Å². The van der Waals surface area contributed by atoms with Gasteiger partial charge in [-0.3, -0.25) is 9.59 Å². The van der Waals surface area contributed by atoms with Gasteiger partial charge in [0.05, 0.1) is 50.1 Å². The number of hydrogen-bond acceptors (Lipinski definition) is 14. The van der Waals surface area contributed by atoms with Crippen LogP contribution in [0.3, 0.4) is 0 Å². The molecule has 4 aliphatic heterocycles. The number of amides is 4. The second-order valence-corrected chi connectivity index (χ2v) is 19.1. The van der Waals surface area contributed by atoms with E-state index < -0.39 is 0 Å². The SMILES string of the molecule is COc1cc2c(cc1C=C(C)C)-c1c(c(C(=O)N(C)CCN3CCOC3=O)nn1-c1ccsc1)CO2.COc1cc2c(cc1C=C(C)C)-c1c(c(C(=O)NCCN3CCOC3=O)nn1-c1ccsc1)CO2.[CH2+]I.[H-].[Na+]. The van der Waals surface area contributed by atoms with Crippen molar-refractivity contribution >= 4 is 81.4 Å². The van der Waals surface area contributed by atoms with Crippen LogP contribution in [0.15, 0.2) is 69.1 Å². The summed E-state index contributed by atoms with van der Waals surface area (Å²) < 4.78 is 36.9. The zero-order chi connectivity index (χ0) is 51.9. The number of hydrogen-bond donors (Lipinski definition) is 1. The van der Waals surface area contributed by atoms with Crippen LogP contribution in [0.2, 0.25) is 0 Å². The van der Waals surface area contributed by atoms with Crippen LogP contribution in [0.5, 0.6) is 23.0 Å². The summed E-state index contributed by atoms with van der Waals surface area (Å²) >= 11 is 5.02. The molecule has 2 aromatic carbocycles. The smallest absolute Gasteiger partial charge is 1.00 e. The summed E-state index contributed by atoms with van der Waals surface area (Å²) in [4.78, 5) is 58.1. The van der Waals surface area contributed by atoms with Gasteiger partial charge in [-0.2, -0.15) is 32.9 Å². The maximum Gasteiger partial charge on any atom is 1.00 e. The first-order valence-electron chi connectivity index (χ1n) is 23.3. The molecule has 0 spiro atoms. The van der Waals surface area contributed by atoms with Crippen molar-refractivity contribution in [3.8, 4) is 56.9 Å². The summed E-state index contributed by atoms with van der Waals surface area (Å²) in [6.07, 6.45) is 3.41. The number of nitrogens with one attached hydrogen (secondary N) is 1. The molecule has 6 aromatic rings. The second kappa shape index (κ2) is 25.0. The Balaban J connectivity index is 0.000000230. The zero-order valence-electron chi connectivity index (χ0n) is 43.6. The first-order valence-corrected chi connectivity index (χ1v) is 26.7. The third-order valence-corrected chi connectivity index (χ3v) is 13.4. The Morgan fingerprint density at radius 1 is 0.757 bits per heavy atom. The Morgan fingerprint density at radius 3 is 1.66 bits per heavy atom. The summed E-state index contributed by atoms with van der Waals surface area (Å²) in [7, 11) is 5.00. The Kier molecular flexibility index (Phi) is 18.9. The summed E-state index contributed by atoms with van der Waals surface area (Å²) in [5.74, 6) is 2.26. The largest absolute Gasteiger partial charge is 1.00 e. The molecule has 4 amide bonds. The average molecular weight is 1170 g/mol. The van der Waals surface area contributed by atoms with E-state index in [0.29, 0.717) is 81.1 Å². The Hall–Kier alpha value is -5.98. The molecule has 2 fully saturated rings. The molecule has 22 heteroatoms. The number of halogens is 1. The van der Waals surface area contributed by atoms with E-state index in [1.54, 1.807) is 63.3 Å². The number of allylic oxidation sites excluding steroid dienone is 2. The molecule has 4 aliphatic rings. The van der Waals surface area contributed by atoms with E-state index in [2.05, 4.69) is 22.4 Å². The van der Waals surface area contributed by atoms with Gasteiger partial charge < -0.3 is 49.9 Å². The number of thiophene rings is 2. The molecule has 2 saturated heterocycles. The van der Waals surface area contributed by atoms with Crippen LogP contribution in [0.4, 0.5) is 9.59 Å². The van der Waals surface area contributed by atoms with E-state index in [1.807, 2.05) is 113 Å². The molecule has 18 nitrogen and oxygen atoms in total. The van der Waals surface area contributed by atoms with E-state index in [-0.39, 0.29) is 68.2 Å². The summed E-state index contributed by atoms with van der Waals surface area (Å²) in [6.45, 7) is 11.8. The molecule has 384 valence electrons. The molecule has 8 heterocycles. The van der Waals surface area contributed by atoms with E-state index >= 15 is 0 Å². The van der Waals surface area contributed by atoms with Gasteiger partial charge in [-0.15, -0.1) is 0 Å². The van der Waals surface area contributed by atoms with Crippen LogP contribution in [0.1, 0.15) is 72.4 Å². The monoisotopic (exact) mass is 1170 g/mol. The minimum Gasteiger partial charge on any atom is -1.00 e. The van der Waals surface area contributed by atoms with Gasteiger partial charge in [0.15, 0.2) is 11.4 Å². The molecule has 0 bridgehead atoms. The van der Waals surface area contributed by atoms with Crippen molar-refractivity contribution in [1.29, 1.82) is 0 Å². The number of nitrogens with zero attached hydrogens (tertiary/aromatic N) is 7. The number of benzene rings is 2. The maximum atomic E-state index is 13.5. The molecule has 1 N–H and O–H groups in total. The van der Waals surface area contributed by atoms with Crippen molar-refractivity contribution < 1.29 is 78.6 Å². The van der Waals surface area contributed by atoms with Gasteiger partial charge in [0.25, 0.3) is 11.8 Å².